The minimum atomic E-state index is -2.98. The van der Waals surface area contributed by atoms with E-state index in [1.165, 1.54) is 12.3 Å². The lowest BCUT2D eigenvalue weighted by Crippen LogP contribution is -2.49. The van der Waals surface area contributed by atoms with Crippen molar-refractivity contribution in [1.29, 1.82) is 0 Å². The maximum atomic E-state index is 12.7. The van der Waals surface area contributed by atoms with Crippen LogP contribution in [0.2, 0.25) is 0 Å². The summed E-state index contributed by atoms with van der Waals surface area (Å²) >= 11 is 0. The number of alkyl halides is 2. The predicted octanol–water partition coefficient (Wildman–Crippen LogP) is 2.94. The Balaban J connectivity index is 1.74. The summed E-state index contributed by atoms with van der Waals surface area (Å²) in [5.74, 6) is 1.14. The van der Waals surface area contributed by atoms with Crippen LogP contribution in [0.1, 0.15) is 26.7 Å². The number of nitrogens with two attached hydrogens (primary N) is 1. The maximum Gasteiger partial charge on any atom is 0.387 e. The molecule has 8 nitrogen and oxygen atoms in total. The second-order valence-electron chi connectivity index (χ2n) is 7.60. The number of rotatable bonds is 6. The quantitative estimate of drug-likeness (QED) is 0.763. The highest BCUT2D eigenvalue weighted by molar-refractivity contribution is 5.68. The zero-order valence-corrected chi connectivity index (χ0v) is 17.1. The van der Waals surface area contributed by atoms with E-state index in [9.17, 15) is 8.78 Å². The number of nitrogen functional groups attached to an aromatic ring is 1. The van der Waals surface area contributed by atoms with Crippen LogP contribution in [0.15, 0.2) is 18.3 Å². The second-order valence-corrected chi connectivity index (χ2v) is 7.60. The standard InChI is InChI=1S/C20H26F2N6O2/c1-3-14-10-28(12(2)11-29-14)17-8-15(25-20(26-17)27-5-4-6-27)13-7-16(30-19(21)22)18(23)24-9-13/h7-9,12,14,19H,3-6,10-11H2,1-2H3,(H2,23,24)/t12-,14-/m0/s1. The van der Waals surface area contributed by atoms with Gasteiger partial charge < -0.3 is 25.0 Å². The summed E-state index contributed by atoms with van der Waals surface area (Å²) in [6.07, 6.45) is 3.65. The minimum absolute atomic E-state index is 0.0936. The highest BCUT2D eigenvalue weighted by Crippen LogP contribution is 2.32. The molecule has 2 aromatic heterocycles. The molecule has 0 unspecified atom stereocenters. The van der Waals surface area contributed by atoms with Gasteiger partial charge in [-0.2, -0.15) is 13.8 Å². The lowest BCUT2D eigenvalue weighted by Gasteiger charge is -2.39. The monoisotopic (exact) mass is 420 g/mol. The lowest BCUT2D eigenvalue weighted by atomic mass is 10.1. The summed E-state index contributed by atoms with van der Waals surface area (Å²) < 4.78 is 35.8. The fraction of sp³-hybridized carbons (Fsp3) is 0.550. The largest absolute Gasteiger partial charge is 0.431 e. The molecule has 2 fully saturated rings. The molecule has 0 aliphatic carbocycles. The van der Waals surface area contributed by atoms with Gasteiger partial charge in [-0.1, -0.05) is 6.92 Å². The van der Waals surface area contributed by atoms with Crippen LogP contribution >= 0.6 is 0 Å². The molecule has 0 aromatic carbocycles. The van der Waals surface area contributed by atoms with Gasteiger partial charge in [0.2, 0.25) is 5.95 Å². The van der Waals surface area contributed by atoms with Crippen LogP contribution in [0.4, 0.5) is 26.4 Å². The molecule has 4 rings (SSSR count). The topological polar surface area (TPSA) is 89.6 Å². The second kappa shape index (κ2) is 8.55. The summed E-state index contributed by atoms with van der Waals surface area (Å²) in [7, 11) is 0. The van der Waals surface area contributed by atoms with Crippen LogP contribution in [-0.2, 0) is 4.74 Å². The lowest BCUT2D eigenvalue weighted by molar-refractivity contribution is -0.0494. The van der Waals surface area contributed by atoms with Crippen molar-refractivity contribution in [3.8, 4) is 17.0 Å². The first-order valence-corrected chi connectivity index (χ1v) is 10.2. The molecule has 2 aliphatic rings. The number of hydrogen-bond acceptors (Lipinski definition) is 8. The van der Waals surface area contributed by atoms with E-state index in [0.29, 0.717) is 23.8 Å². The van der Waals surface area contributed by atoms with E-state index in [-0.39, 0.29) is 23.7 Å². The first-order chi connectivity index (χ1) is 14.4. The molecule has 30 heavy (non-hydrogen) atoms. The first kappa shape index (κ1) is 20.5. The van der Waals surface area contributed by atoms with Gasteiger partial charge in [0.1, 0.15) is 5.82 Å². The normalized spacial score (nSPS) is 21.6. The Labute approximate surface area is 174 Å². The van der Waals surface area contributed by atoms with Crippen LogP contribution in [0.3, 0.4) is 0 Å². The van der Waals surface area contributed by atoms with Crippen molar-refractivity contribution < 1.29 is 18.3 Å². The summed E-state index contributed by atoms with van der Waals surface area (Å²) in [5, 5.41) is 0. The van der Waals surface area contributed by atoms with Gasteiger partial charge in [-0.15, -0.1) is 0 Å². The molecule has 2 aliphatic heterocycles. The number of nitrogens with zero attached hydrogens (tertiary/aromatic N) is 5. The van der Waals surface area contributed by atoms with E-state index in [4.69, 9.17) is 15.5 Å². The van der Waals surface area contributed by atoms with Gasteiger partial charge in [0.15, 0.2) is 11.6 Å². The van der Waals surface area contributed by atoms with Gasteiger partial charge in [0.25, 0.3) is 0 Å². The molecular formula is C20H26F2N6O2. The van der Waals surface area contributed by atoms with E-state index < -0.39 is 6.61 Å². The van der Waals surface area contributed by atoms with Gasteiger partial charge in [-0.3, -0.25) is 0 Å². The van der Waals surface area contributed by atoms with Gasteiger partial charge in [-0.25, -0.2) is 9.97 Å². The Morgan fingerprint density at radius 1 is 1.30 bits per heavy atom. The van der Waals surface area contributed by atoms with Crippen LogP contribution in [0.5, 0.6) is 5.75 Å². The molecule has 0 radical (unpaired) electrons. The highest BCUT2D eigenvalue weighted by atomic mass is 19.3. The van der Waals surface area contributed by atoms with Crippen molar-refractivity contribution in [3.05, 3.63) is 18.3 Å². The van der Waals surface area contributed by atoms with Gasteiger partial charge in [0.05, 0.1) is 24.4 Å². The third kappa shape index (κ3) is 4.23. The number of morpholine rings is 1. The zero-order valence-electron chi connectivity index (χ0n) is 17.1. The number of hydrogen-bond donors (Lipinski definition) is 1. The average Bonchev–Trinajstić information content (AvgIpc) is 2.68. The molecule has 162 valence electrons. The third-order valence-corrected chi connectivity index (χ3v) is 5.49. The minimum Gasteiger partial charge on any atom is -0.431 e. The molecule has 0 amide bonds. The Hall–Kier alpha value is -2.75. The Kier molecular flexibility index (Phi) is 5.85. The number of ether oxygens (including phenoxy) is 2. The molecule has 2 aromatic rings. The fourth-order valence-corrected chi connectivity index (χ4v) is 3.54. The molecule has 2 N–H and O–H groups in total. The summed E-state index contributed by atoms with van der Waals surface area (Å²) in [6.45, 7) is 4.33. The summed E-state index contributed by atoms with van der Waals surface area (Å²) in [4.78, 5) is 17.8. The first-order valence-electron chi connectivity index (χ1n) is 10.2. The molecule has 2 saturated heterocycles. The van der Waals surface area contributed by atoms with Crippen LogP contribution < -0.4 is 20.3 Å². The van der Waals surface area contributed by atoms with Crippen LogP contribution in [0, 0.1) is 0 Å². The van der Waals surface area contributed by atoms with Crippen molar-refractivity contribution >= 4 is 17.6 Å². The molecule has 0 spiro atoms. The number of aromatic nitrogens is 3. The van der Waals surface area contributed by atoms with Crippen molar-refractivity contribution in [2.45, 2.75) is 45.4 Å². The van der Waals surface area contributed by atoms with Crippen molar-refractivity contribution in [2.24, 2.45) is 0 Å². The zero-order chi connectivity index (χ0) is 21.3. The summed E-state index contributed by atoms with van der Waals surface area (Å²) in [5.41, 5.74) is 6.81. The van der Waals surface area contributed by atoms with E-state index in [1.807, 2.05) is 6.07 Å². The predicted molar refractivity (Wildman–Crippen MR) is 110 cm³/mol. The maximum absolute atomic E-state index is 12.7. The third-order valence-electron chi connectivity index (χ3n) is 5.49. The van der Waals surface area contributed by atoms with Gasteiger partial charge in [0, 0.05) is 37.5 Å². The number of halogens is 2. The van der Waals surface area contributed by atoms with Crippen LogP contribution in [-0.4, -0.2) is 60.0 Å². The van der Waals surface area contributed by atoms with E-state index in [2.05, 4.69) is 38.4 Å². The van der Waals surface area contributed by atoms with E-state index in [0.717, 1.165) is 38.3 Å². The van der Waals surface area contributed by atoms with Crippen LogP contribution in [0.25, 0.3) is 11.3 Å². The average molecular weight is 420 g/mol. The van der Waals surface area contributed by atoms with Gasteiger partial charge >= 0.3 is 6.61 Å². The molecule has 4 heterocycles. The summed E-state index contributed by atoms with van der Waals surface area (Å²) in [6, 6.07) is 3.46. The molecule has 0 saturated carbocycles. The fourth-order valence-electron chi connectivity index (χ4n) is 3.54. The Morgan fingerprint density at radius 3 is 2.77 bits per heavy atom. The van der Waals surface area contributed by atoms with E-state index >= 15 is 0 Å². The number of pyridine rings is 1. The SMILES string of the molecule is CC[C@H]1CN(c2cc(-c3cnc(N)c(OC(F)F)c3)nc(N3CCC3)n2)[C@@H](C)CO1. The molecule has 10 heteroatoms. The Morgan fingerprint density at radius 2 is 2.10 bits per heavy atom. The van der Waals surface area contributed by atoms with Crippen molar-refractivity contribution in [2.75, 3.05) is 41.8 Å². The highest BCUT2D eigenvalue weighted by Gasteiger charge is 2.28. The van der Waals surface area contributed by atoms with Crippen molar-refractivity contribution in [3.63, 3.8) is 0 Å². The Bertz CT molecular complexity index is 896. The van der Waals surface area contributed by atoms with Crippen molar-refractivity contribution in [1.82, 2.24) is 15.0 Å². The van der Waals surface area contributed by atoms with E-state index in [1.54, 1.807) is 0 Å². The molecule has 2 atom stereocenters. The molecule has 0 bridgehead atoms. The van der Waals surface area contributed by atoms with Gasteiger partial charge in [-0.05, 0) is 25.8 Å². The molecular weight excluding hydrogens is 394 g/mol. The number of anilines is 3. The smallest absolute Gasteiger partial charge is 0.387 e.